The molecule has 0 aromatic carbocycles. The van der Waals surface area contributed by atoms with E-state index in [4.69, 9.17) is 14.2 Å². The van der Waals surface area contributed by atoms with Crippen LogP contribution >= 0.6 is 0 Å². The van der Waals surface area contributed by atoms with Gasteiger partial charge in [0.25, 0.3) is 0 Å². The number of esters is 1. The van der Waals surface area contributed by atoms with E-state index in [1.54, 1.807) is 0 Å². The number of rotatable bonds is 3. The van der Waals surface area contributed by atoms with Crippen LogP contribution in [0.25, 0.3) is 0 Å². The SMILES string of the molecule is CCCC(=O)OC1OCCO1. The summed E-state index contributed by atoms with van der Waals surface area (Å²) in [5.41, 5.74) is 0. The molecule has 0 aromatic heterocycles. The van der Waals surface area contributed by atoms with Crippen LogP contribution in [0.1, 0.15) is 19.8 Å². The molecule has 0 radical (unpaired) electrons. The number of hydrogen-bond donors (Lipinski definition) is 0. The molecule has 1 rings (SSSR count). The van der Waals surface area contributed by atoms with Gasteiger partial charge in [-0.25, -0.2) is 0 Å². The van der Waals surface area contributed by atoms with Crippen LogP contribution < -0.4 is 0 Å². The van der Waals surface area contributed by atoms with Crippen LogP contribution in [0.4, 0.5) is 0 Å². The third-order valence-electron chi connectivity index (χ3n) is 1.27. The maximum Gasteiger partial charge on any atom is 0.318 e. The molecule has 64 valence electrons. The first-order chi connectivity index (χ1) is 5.33. The van der Waals surface area contributed by atoms with Gasteiger partial charge in [-0.1, -0.05) is 6.92 Å². The van der Waals surface area contributed by atoms with Crippen LogP contribution in [-0.2, 0) is 19.0 Å². The maximum absolute atomic E-state index is 10.8. The fraction of sp³-hybridized carbons (Fsp3) is 0.857. The van der Waals surface area contributed by atoms with Crippen molar-refractivity contribution in [3.63, 3.8) is 0 Å². The molecular weight excluding hydrogens is 148 g/mol. The topological polar surface area (TPSA) is 44.8 Å². The fourth-order valence-corrected chi connectivity index (χ4v) is 0.775. The quantitative estimate of drug-likeness (QED) is 0.569. The first-order valence-electron chi connectivity index (χ1n) is 3.75. The van der Waals surface area contributed by atoms with Crippen LogP contribution in [0.5, 0.6) is 0 Å². The van der Waals surface area contributed by atoms with Gasteiger partial charge in [-0.15, -0.1) is 0 Å². The molecule has 0 atom stereocenters. The Morgan fingerprint density at radius 3 is 2.73 bits per heavy atom. The van der Waals surface area contributed by atoms with Crippen molar-refractivity contribution in [2.24, 2.45) is 0 Å². The third-order valence-corrected chi connectivity index (χ3v) is 1.27. The minimum atomic E-state index is -0.756. The lowest BCUT2D eigenvalue weighted by Gasteiger charge is -2.08. The van der Waals surface area contributed by atoms with Crippen molar-refractivity contribution in [2.45, 2.75) is 26.2 Å². The van der Waals surface area contributed by atoms with E-state index in [0.29, 0.717) is 19.6 Å². The second kappa shape index (κ2) is 4.31. The van der Waals surface area contributed by atoms with Crippen LogP contribution in [0, 0.1) is 0 Å². The van der Waals surface area contributed by atoms with E-state index in [0.717, 1.165) is 6.42 Å². The second-order valence-electron chi connectivity index (χ2n) is 2.27. The summed E-state index contributed by atoms with van der Waals surface area (Å²) in [5.74, 6) is -0.264. The van der Waals surface area contributed by atoms with Crippen LogP contribution in [-0.4, -0.2) is 25.7 Å². The van der Waals surface area contributed by atoms with Gasteiger partial charge in [-0.05, 0) is 6.42 Å². The zero-order valence-corrected chi connectivity index (χ0v) is 6.54. The number of ether oxygens (including phenoxy) is 3. The predicted octanol–water partition coefficient (Wildman–Crippen LogP) is 0.660. The molecule has 1 aliphatic rings. The highest BCUT2D eigenvalue weighted by molar-refractivity contribution is 5.69. The lowest BCUT2D eigenvalue weighted by molar-refractivity contribution is -0.226. The second-order valence-corrected chi connectivity index (χ2v) is 2.27. The molecule has 1 saturated heterocycles. The van der Waals surface area contributed by atoms with Gasteiger partial charge in [0.05, 0.1) is 13.2 Å². The van der Waals surface area contributed by atoms with Crippen molar-refractivity contribution < 1.29 is 19.0 Å². The van der Waals surface area contributed by atoms with Gasteiger partial charge >= 0.3 is 12.4 Å². The normalized spacial score (nSPS) is 18.6. The average Bonchev–Trinajstić information content (AvgIpc) is 2.40. The van der Waals surface area contributed by atoms with E-state index in [1.807, 2.05) is 6.92 Å². The Hall–Kier alpha value is -0.610. The Kier molecular flexibility index (Phi) is 3.32. The molecule has 1 aliphatic heterocycles. The van der Waals surface area contributed by atoms with Gasteiger partial charge in [0.15, 0.2) is 0 Å². The van der Waals surface area contributed by atoms with E-state index in [-0.39, 0.29) is 5.97 Å². The molecule has 0 N–H and O–H groups in total. The Labute approximate surface area is 65.4 Å². The molecule has 0 spiro atoms. The van der Waals surface area contributed by atoms with Gasteiger partial charge in [-0.3, -0.25) is 4.79 Å². The Bertz CT molecular complexity index is 128. The van der Waals surface area contributed by atoms with Gasteiger partial charge in [0.1, 0.15) is 0 Å². The van der Waals surface area contributed by atoms with Crippen molar-refractivity contribution in [2.75, 3.05) is 13.2 Å². The Morgan fingerprint density at radius 1 is 1.55 bits per heavy atom. The number of hydrogen-bond acceptors (Lipinski definition) is 4. The smallest absolute Gasteiger partial charge is 0.318 e. The Morgan fingerprint density at radius 2 is 2.18 bits per heavy atom. The van der Waals surface area contributed by atoms with Crippen LogP contribution in [0.3, 0.4) is 0 Å². The summed E-state index contributed by atoms with van der Waals surface area (Å²) in [6.45, 7) is 2.17. The highest BCUT2D eigenvalue weighted by Crippen LogP contribution is 2.06. The number of carbonyl (C=O) groups is 1. The van der Waals surface area contributed by atoms with Crippen LogP contribution in [0.15, 0.2) is 0 Å². The summed E-state index contributed by atoms with van der Waals surface area (Å²) in [6, 6.07) is 0. The van der Waals surface area contributed by atoms with E-state index < -0.39 is 6.48 Å². The van der Waals surface area contributed by atoms with Crippen molar-refractivity contribution in [3.05, 3.63) is 0 Å². The van der Waals surface area contributed by atoms with Crippen molar-refractivity contribution in [1.82, 2.24) is 0 Å². The standard InChI is InChI=1S/C7H12O4/c1-2-3-6(8)11-7-9-4-5-10-7/h7H,2-5H2,1H3. The summed E-state index contributed by atoms with van der Waals surface area (Å²) in [5, 5.41) is 0. The molecule has 0 unspecified atom stereocenters. The first kappa shape index (κ1) is 8.49. The summed E-state index contributed by atoms with van der Waals surface area (Å²) in [4.78, 5) is 10.8. The molecule has 0 amide bonds. The molecule has 0 bridgehead atoms. The Balaban J connectivity index is 2.13. The zero-order chi connectivity index (χ0) is 8.10. The average molecular weight is 160 g/mol. The minimum Gasteiger partial charge on any atom is -0.410 e. The molecule has 0 aromatic rings. The molecule has 1 fully saturated rings. The van der Waals surface area contributed by atoms with Gasteiger partial charge < -0.3 is 14.2 Å². The first-order valence-corrected chi connectivity index (χ1v) is 3.75. The van der Waals surface area contributed by atoms with Crippen LogP contribution in [0.2, 0.25) is 0 Å². The van der Waals surface area contributed by atoms with E-state index in [9.17, 15) is 4.79 Å². The molecule has 4 heteroatoms. The van der Waals surface area contributed by atoms with Gasteiger partial charge in [0.2, 0.25) is 0 Å². The lowest BCUT2D eigenvalue weighted by atomic mass is 10.3. The summed E-state index contributed by atoms with van der Waals surface area (Å²) in [7, 11) is 0. The summed E-state index contributed by atoms with van der Waals surface area (Å²) < 4.78 is 14.6. The van der Waals surface area contributed by atoms with Crippen molar-refractivity contribution in [3.8, 4) is 0 Å². The third kappa shape index (κ3) is 2.86. The molecule has 0 saturated carbocycles. The van der Waals surface area contributed by atoms with E-state index in [1.165, 1.54) is 0 Å². The molecule has 11 heavy (non-hydrogen) atoms. The minimum absolute atomic E-state index is 0.264. The van der Waals surface area contributed by atoms with Gasteiger partial charge in [-0.2, -0.15) is 0 Å². The predicted molar refractivity (Wildman–Crippen MR) is 36.7 cm³/mol. The summed E-state index contributed by atoms with van der Waals surface area (Å²) >= 11 is 0. The largest absolute Gasteiger partial charge is 0.410 e. The monoisotopic (exact) mass is 160 g/mol. The lowest BCUT2D eigenvalue weighted by Crippen LogP contribution is -2.17. The van der Waals surface area contributed by atoms with Crippen molar-refractivity contribution in [1.29, 1.82) is 0 Å². The highest BCUT2D eigenvalue weighted by Gasteiger charge is 2.19. The molecule has 4 nitrogen and oxygen atoms in total. The van der Waals surface area contributed by atoms with E-state index in [2.05, 4.69) is 0 Å². The zero-order valence-electron chi connectivity index (χ0n) is 6.54. The number of carbonyl (C=O) groups excluding carboxylic acids is 1. The van der Waals surface area contributed by atoms with Crippen molar-refractivity contribution >= 4 is 5.97 Å². The van der Waals surface area contributed by atoms with E-state index >= 15 is 0 Å². The summed E-state index contributed by atoms with van der Waals surface area (Å²) in [6.07, 6.45) is 1.20. The molecule has 1 heterocycles. The maximum atomic E-state index is 10.8. The highest BCUT2D eigenvalue weighted by atomic mass is 16.9. The molecule has 0 aliphatic carbocycles. The van der Waals surface area contributed by atoms with Gasteiger partial charge in [0, 0.05) is 6.42 Å². The fourth-order valence-electron chi connectivity index (χ4n) is 0.775. The molecular formula is C7H12O4.